The van der Waals surface area contributed by atoms with Crippen LogP contribution in [-0.2, 0) is 16.4 Å². The van der Waals surface area contributed by atoms with Gasteiger partial charge in [0.25, 0.3) is 0 Å². The van der Waals surface area contributed by atoms with Crippen LogP contribution in [0.4, 0.5) is 23.2 Å². The number of nitrogens with one attached hydrogen (secondary N) is 2. The highest BCUT2D eigenvalue weighted by Crippen LogP contribution is 2.49. The topological polar surface area (TPSA) is 96.5 Å². The number of anilines is 1. The fourth-order valence-electron chi connectivity index (χ4n) is 3.88. The van der Waals surface area contributed by atoms with E-state index in [4.69, 9.17) is 11.6 Å². The molecule has 0 atom stereocenters. The summed E-state index contributed by atoms with van der Waals surface area (Å²) in [6, 6.07) is 11.3. The maximum Gasteiger partial charge on any atom is 0.433 e. The van der Waals surface area contributed by atoms with Gasteiger partial charge in [-0.3, -0.25) is 9.78 Å². The van der Waals surface area contributed by atoms with Gasteiger partial charge in [0, 0.05) is 23.0 Å². The second-order valence-electron chi connectivity index (χ2n) is 8.11. The van der Waals surface area contributed by atoms with Crippen LogP contribution in [0.15, 0.2) is 54.7 Å². The molecular weight excluding hydrogens is 488 g/mol. The normalized spacial score (nSPS) is 14.5. The van der Waals surface area contributed by atoms with Crippen molar-refractivity contribution in [3.8, 4) is 22.5 Å². The molecule has 0 spiro atoms. The first-order valence-corrected chi connectivity index (χ1v) is 10.7. The molecule has 0 radical (unpaired) electrons. The van der Waals surface area contributed by atoms with E-state index < -0.39 is 23.1 Å². The van der Waals surface area contributed by atoms with Gasteiger partial charge in [-0.15, -0.1) is 5.10 Å². The third-order valence-electron chi connectivity index (χ3n) is 5.90. The average molecular weight is 503 g/mol. The van der Waals surface area contributed by atoms with Crippen LogP contribution < -0.4 is 5.32 Å². The van der Waals surface area contributed by atoms with Gasteiger partial charge in [0.2, 0.25) is 5.91 Å². The third kappa shape index (κ3) is 4.34. The number of benzene rings is 2. The van der Waals surface area contributed by atoms with Gasteiger partial charge in [-0.2, -0.15) is 13.2 Å². The Balaban J connectivity index is 1.47. The number of carbonyl (C=O) groups excluding carboxylic acids is 1. The van der Waals surface area contributed by atoms with Crippen LogP contribution in [0.5, 0.6) is 0 Å². The van der Waals surface area contributed by atoms with Crippen molar-refractivity contribution in [2.45, 2.75) is 24.4 Å². The standard InChI is InChI=1S/C23H15ClF4N6O/c24-17-9-13(2-5-18(17)25)22(7-8-22)21(35)30-14-3-4-15(16(10-14)20-31-33-34-32-20)12-1-6-19(29-11-12)23(26,27)28/h1-6,9-11H,7-8H2,(H,30,35)(H,31,32,33,34). The van der Waals surface area contributed by atoms with Crippen LogP contribution in [0.1, 0.15) is 24.1 Å². The Kier molecular flexibility index (Phi) is 5.51. The second-order valence-corrected chi connectivity index (χ2v) is 8.51. The van der Waals surface area contributed by atoms with Crippen molar-refractivity contribution in [3.05, 3.63) is 76.8 Å². The first-order chi connectivity index (χ1) is 16.7. The highest BCUT2D eigenvalue weighted by Gasteiger charge is 2.51. The Hall–Kier alpha value is -3.86. The van der Waals surface area contributed by atoms with Crippen molar-refractivity contribution in [1.82, 2.24) is 25.6 Å². The summed E-state index contributed by atoms with van der Waals surface area (Å²) in [6.45, 7) is 0. The minimum Gasteiger partial charge on any atom is -0.325 e. The lowest BCUT2D eigenvalue weighted by molar-refractivity contribution is -0.141. The second kappa shape index (κ2) is 8.42. The van der Waals surface area contributed by atoms with Gasteiger partial charge < -0.3 is 5.32 Å². The van der Waals surface area contributed by atoms with Gasteiger partial charge in [-0.25, -0.2) is 9.49 Å². The van der Waals surface area contributed by atoms with E-state index in [9.17, 15) is 22.4 Å². The van der Waals surface area contributed by atoms with E-state index in [1.165, 1.54) is 18.2 Å². The summed E-state index contributed by atoms with van der Waals surface area (Å²) in [4.78, 5) is 16.7. The van der Waals surface area contributed by atoms with Gasteiger partial charge in [0.1, 0.15) is 11.5 Å². The number of hydrogen-bond donors (Lipinski definition) is 2. The van der Waals surface area contributed by atoms with Gasteiger partial charge in [-0.05, 0) is 64.7 Å². The molecule has 0 bridgehead atoms. The maximum atomic E-state index is 13.6. The molecule has 178 valence electrons. The Morgan fingerprint density at radius 2 is 1.86 bits per heavy atom. The monoisotopic (exact) mass is 502 g/mol. The van der Waals surface area contributed by atoms with Gasteiger partial charge >= 0.3 is 6.18 Å². The Bertz CT molecular complexity index is 1400. The predicted octanol–water partition coefficient (Wildman–Crippen LogP) is 5.41. The Morgan fingerprint density at radius 3 is 2.46 bits per heavy atom. The summed E-state index contributed by atoms with van der Waals surface area (Å²) in [5.74, 6) is -0.599. The summed E-state index contributed by atoms with van der Waals surface area (Å²) in [6.07, 6.45) is -2.29. The number of nitrogens with zero attached hydrogens (tertiary/aromatic N) is 4. The number of aromatic nitrogens is 5. The maximum absolute atomic E-state index is 13.6. The zero-order valence-corrected chi connectivity index (χ0v) is 18.5. The third-order valence-corrected chi connectivity index (χ3v) is 6.19. The lowest BCUT2D eigenvalue weighted by Gasteiger charge is -2.17. The summed E-state index contributed by atoms with van der Waals surface area (Å²) in [5, 5.41) is 16.4. The van der Waals surface area contributed by atoms with Crippen molar-refractivity contribution in [1.29, 1.82) is 0 Å². The molecule has 1 aliphatic rings. The van der Waals surface area contributed by atoms with Crippen molar-refractivity contribution in [3.63, 3.8) is 0 Å². The molecule has 1 fully saturated rings. The molecule has 7 nitrogen and oxygen atoms in total. The summed E-state index contributed by atoms with van der Waals surface area (Å²) in [5.41, 5.74) is 0.572. The van der Waals surface area contributed by atoms with Crippen LogP contribution in [0.2, 0.25) is 5.02 Å². The van der Waals surface area contributed by atoms with E-state index in [0.29, 0.717) is 40.8 Å². The number of pyridine rings is 1. The highest BCUT2D eigenvalue weighted by molar-refractivity contribution is 6.30. The van der Waals surface area contributed by atoms with E-state index in [1.807, 2.05) is 0 Å². The Labute approximate surface area is 200 Å². The van der Waals surface area contributed by atoms with Crippen LogP contribution in [0.3, 0.4) is 0 Å². The van der Waals surface area contributed by atoms with Gasteiger partial charge in [0.05, 0.1) is 10.4 Å². The van der Waals surface area contributed by atoms with Crippen LogP contribution in [0, 0.1) is 5.82 Å². The molecule has 2 heterocycles. The van der Waals surface area contributed by atoms with Crippen molar-refractivity contribution in [2.24, 2.45) is 0 Å². The molecule has 12 heteroatoms. The zero-order valence-electron chi connectivity index (χ0n) is 17.7. The summed E-state index contributed by atoms with van der Waals surface area (Å²) < 4.78 is 52.3. The average Bonchev–Trinajstić information content (AvgIpc) is 3.47. The smallest absolute Gasteiger partial charge is 0.325 e. The van der Waals surface area contributed by atoms with E-state index >= 15 is 0 Å². The first kappa shape index (κ1) is 22.9. The molecule has 2 aromatic carbocycles. The van der Waals surface area contributed by atoms with Crippen LogP contribution >= 0.6 is 11.6 Å². The summed E-state index contributed by atoms with van der Waals surface area (Å²) in [7, 11) is 0. The molecule has 1 amide bonds. The summed E-state index contributed by atoms with van der Waals surface area (Å²) >= 11 is 5.90. The number of aromatic amines is 1. The lowest BCUT2D eigenvalue weighted by Crippen LogP contribution is -2.27. The number of halogens is 5. The van der Waals surface area contributed by atoms with Crippen LogP contribution in [-0.4, -0.2) is 31.5 Å². The minimum atomic E-state index is -4.56. The SMILES string of the molecule is O=C(Nc1ccc(-c2ccc(C(F)(F)F)nc2)c(-c2nnn[nH]2)c1)C1(c2ccc(F)c(Cl)c2)CC1. The quantitative estimate of drug-likeness (QED) is 0.356. The molecule has 0 unspecified atom stereocenters. The number of hydrogen-bond acceptors (Lipinski definition) is 5. The van der Waals surface area contributed by atoms with Crippen molar-refractivity contribution in [2.75, 3.05) is 5.32 Å². The Morgan fingerprint density at radius 1 is 1.06 bits per heavy atom. The highest BCUT2D eigenvalue weighted by atomic mass is 35.5. The van der Waals surface area contributed by atoms with Crippen molar-refractivity contribution < 1.29 is 22.4 Å². The molecule has 4 aromatic rings. The van der Waals surface area contributed by atoms with Gasteiger partial charge in [0.15, 0.2) is 5.82 Å². The number of alkyl halides is 3. The molecule has 2 aromatic heterocycles. The molecule has 1 aliphatic carbocycles. The fourth-order valence-corrected chi connectivity index (χ4v) is 4.06. The number of H-pyrrole nitrogens is 1. The molecule has 1 saturated carbocycles. The zero-order chi connectivity index (χ0) is 24.8. The molecule has 2 N–H and O–H groups in total. The largest absolute Gasteiger partial charge is 0.433 e. The minimum absolute atomic E-state index is 0.0591. The van der Waals surface area contributed by atoms with Crippen molar-refractivity contribution >= 4 is 23.2 Å². The molecule has 0 saturated heterocycles. The first-order valence-electron chi connectivity index (χ1n) is 10.4. The van der Waals surface area contributed by atoms with E-state index in [1.54, 1.807) is 24.3 Å². The number of tetrazole rings is 1. The van der Waals surface area contributed by atoms with E-state index in [2.05, 4.69) is 30.9 Å². The van der Waals surface area contributed by atoms with E-state index in [0.717, 1.165) is 12.3 Å². The lowest BCUT2D eigenvalue weighted by atomic mass is 9.94. The number of amides is 1. The van der Waals surface area contributed by atoms with E-state index in [-0.39, 0.29) is 16.8 Å². The predicted molar refractivity (Wildman–Crippen MR) is 119 cm³/mol. The molecule has 35 heavy (non-hydrogen) atoms. The van der Waals surface area contributed by atoms with Gasteiger partial charge in [-0.1, -0.05) is 29.8 Å². The fraction of sp³-hybridized carbons (Fsp3) is 0.174. The van der Waals surface area contributed by atoms with Crippen LogP contribution in [0.25, 0.3) is 22.5 Å². The molecule has 5 rings (SSSR count). The molecular formula is C23H15ClF4N6O. The number of carbonyl (C=O) groups is 1. The molecule has 0 aliphatic heterocycles. The number of rotatable bonds is 5.